The smallest absolute Gasteiger partial charge is 0.308 e. The third-order valence-electron chi connectivity index (χ3n) is 2.26. The molecule has 0 unspecified atom stereocenters. The van der Waals surface area contributed by atoms with Gasteiger partial charge in [0.15, 0.2) is 0 Å². The number of benzene rings is 2. The van der Waals surface area contributed by atoms with Crippen molar-refractivity contribution in [3.63, 3.8) is 0 Å². The summed E-state index contributed by atoms with van der Waals surface area (Å²) >= 11 is 12.6. The number of carbonyl (C=O) groups is 1. The van der Waals surface area contributed by atoms with Gasteiger partial charge in [0.25, 0.3) is 0 Å². The molecule has 0 bridgehead atoms. The van der Waals surface area contributed by atoms with Gasteiger partial charge in [0.05, 0.1) is 5.69 Å². The zero-order chi connectivity index (χ0) is 13.8. The summed E-state index contributed by atoms with van der Waals surface area (Å²) in [5.74, 6) is 0. The molecule has 0 aliphatic heterocycles. The number of anilines is 2. The normalized spacial score (nSPS) is 10.1. The summed E-state index contributed by atoms with van der Waals surface area (Å²) in [6.07, 6.45) is 0. The molecule has 19 heavy (non-hydrogen) atoms. The van der Waals surface area contributed by atoms with Crippen LogP contribution < -0.4 is 10.6 Å². The highest BCUT2D eigenvalue weighted by Gasteiger charge is 2.06. The van der Waals surface area contributed by atoms with Gasteiger partial charge >= 0.3 is 6.03 Å². The number of urea groups is 1. The molecule has 2 N–H and O–H groups in total. The molecular weight excluding hydrogens is 395 g/mol. The second-order valence-electron chi connectivity index (χ2n) is 3.71. The van der Waals surface area contributed by atoms with Gasteiger partial charge in [0, 0.05) is 19.7 Å². The lowest BCUT2D eigenvalue weighted by Crippen LogP contribution is -2.19. The first-order chi connectivity index (χ1) is 9.04. The van der Waals surface area contributed by atoms with Crippen LogP contribution in [0, 0.1) is 0 Å². The van der Waals surface area contributed by atoms with Crippen LogP contribution in [0.25, 0.3) is 0 Å². The molecule has 0 spiro atoms. The van der Waals surface area contributed by atoms with E-state index in [9.17, 15) is 4.79 Å². The van der Waals surface area contributed by atoms with Gasteiger partial charge in [0.1, 0.15) is 0 Å². The van der Waals surface area contributed by atoms with E-state index in [4.69, 9.17) is 11.6 Å². The number of carbonyl (C=O) groups excluding carboxylic acids is 1. The Kier molecular flexibility index (Phi) is 4.85. The Bertz CT molecular complexity index is 619. The summed E-state index contributed by atoms with van der Waals surface area (Å²) < 4.78 is 1.73. The molecule has 0 fully saturated rings. The van der Waals surface area contributed by atoms with Crippen molar-refractivity contribution >= 4 is 60.9 Å². The van der Waals surface area contributed by atoms with Crippen molar-refractivity contribution in [3.05, 3.63) is 56.4 Å². The number of amides is 2. The van der Waals surface area contributed by atoms with Crippen molar-refractivity contribution < 1.29 is 4.79 Å². The van der Waals surface area contributed by atoms with Crippen molar-refractivity contribution in [1.29, 1.82) is 0 Å². The van der Waals surface area contributed by atoms with Gasteiger partial charge in [0.2, 0.25) is 0 Å². The lowest BCUT2D eigenvalue weighted by atomic mass is 10.3. The molecule has 0 aromatic heterocycles. The minimum absolute atomic E-state index is 0.328. The lowest BCUT2D eigenvalue weighted by Gasteiger charge is -2.09. The molecule has 2 aromatic rings. The molecule has 0 atom stereocenters. The van der Waals surface area contributed by atoms with Crippen LogP contribution in [-0.2, 0) is 0 Å². The summed E-state index contributed by atoms with van der Waals surface area (Å²) in [6.45, 7) is 0. The summed E-state index contributed by atoms with van der Waals surface area (Å²) in [7, 11) is 0. The Morgan fingerprint density at radius 2 is 1.84 bits per heavy atom. The van der Waals surface area contributed by atoms with Crippen LogP contribution in [0.3, 0.4) is 0 Å². The highest BCUT2D eigenvalue weighted by molar-refractivity contribution is 9.11. The van der Waals surface area contributed by atoms with Gasteiger partial charge in [-0.3, -0.25) is 0 Å². The fraction of sp³-hybridized carbons (Fsp3) is 0. The predicted molar refractivity (Wildman–Crippen MR) is 85.9 cm³/mol. The van der Waals surface area contributed by atoms with Crippen LogP contribution in [0.5, 0.6) is 0 Å². The minimum Gasteiger partial charge on any atom is -0.308 e. The zero-order valence-electron chi connectivity index (χ0n) is 9.58. The Balaban J connectivity index is 2.05. The zero-order valence-corrected chi connectivity index (χ0v) is 13.5. The van der Waals surface area contributed by atoms with E-state index in [1.807, 2.05) is 12.1 Å². The Morgan fingerprint density at radius 3 is 2.53 bits per heavy atom. The van der Waals surface area contributed by atoms with Crippen molar-refractivity contribution in [2.45, 2.75) is 0 Å². The van der Waals surface area contributed by atoms with E-state index in [2.05, 4.69) is 42.5 Å². The second kappa shape index (κ2) is 6.41. The molecular formula is C13H9Br2ClN2O. The third-order valence-corrected chi connectivity index (χ3v) is 3.65. The van der Waals surface area contributed by atoms with Gasteiger partial charge in [-0.25, -0.2) is 4.79 Å². The highest BCUT2D eigenvalue weighted by atomic mass is 79.9. The van der Waals surface area contributed by atoms with Crippen LogP contribution in [0.15, 0.2) is 51.4 Å². The van der Waals surface area contributed by atoms with Crippen LogP contribution in [0.1, 0.15) is 0 Å². The molecule has 2 aromatic carbocycles. The maximum Gasteiger partial charge on any atom is 0.323 e. The van der Waals surface area contributed by atoms with Gasteiger partial charge in [-0.05, 0) is 52.3 Å². The van der Waals surface area contributed by atoms with Crippen LogP contribution >= 0.6 is 43.5 Å². The number of halogens is 3. The molecule has 0 radical (unpaired) electrons. The van der Waals surface area contributed by atoms with E-state index in [1.165, 1.54) is 0 Å². The van der Waals surface area contributed by atoms with E-state index in [1.54, 1.807) is 30.3 Å². The van der Waals surface area contributed by atoms with Crippen molar-refractivity contribution in [3.8, 4) is 0 Å². The first-order valence-electron chi connectivity index (χ1n) is 5.33. The fourth-order valence-electron chi connectivity index (χ4n) is 1.44. The van der Waals surface area contributed by atoms with Crippen LogP contribution in [0.4, 0.5) is 16.2 Å². The number of hydrogen-bond donors (Lipinski definition) is 2. The summed E-state index contributed by atoms with van der Waals surface area (Å²) in [5, 5.41) is 6.02. The van der Waals surface area contributed by atoms with E-state index >= 15 is 0 Å². The monoisotopic (exact) mass is 402 g/mol. The molecule has 0 aliphatic carbocycles. The quantitative estimate of drug-likeness (QED) is 0.681. The van der Waals surface area contributed by atoms with Crippen LogP contribution in [0.2, 0.25) is 5.02 Å². The molecule has 0 aliphatic rings. The van der Waals surface area contributed by atoms with E-state index in [0.717, 1.165) is 8.95 Å². The Morgan fingerprint density at radius 1 is 1.05 bits per heavy atom. The van der Waals surface area contributed by atoms with Crippen molar-refractivity contribution in [2.24, 2.45) is 0 Å². The molecule has 0 saturated carbocycles. The van der Waals surface area contributed by atoms with Crippen LogP contribution in [-0.4, -0.2) is 6.03 Å². The highest BCUT2D eigenvalue weighted by Crippen LogP contribution is 2.26. The Labute approximate surface area is 132 Å². The van der Waals surface area contributed by atoms with Crippen molar-refractivity contribution in [2.75, 3.05) is 10.6 Å². The van der Waals surface area contributed by atoms with Crippen molar-refractivity contribution in [1.82, 2.24) is 0 Å². The van der Waals surface area contributed by atoms with Gasteiger partial charge in [-0.15, -0.1) is 0 Å². The van der Waals surface area contributed by atoms with Gasteiger partial charge < -0.3 is 10.6 Å². The SMILES string of the molecule is O=C(Nc1cccc(Cl)c1)Nc1ccc(Br)cc1Br. The standard InChI is InChI=1S/C13H9Br2ClN2O/c14-8-4-5-12(11(15)6-8)18-13(19)17-10-3-1-2-9(16)7-10/h1-7H,(H2,17,18,19). The number of hydrogen-bond acceptors (Lipinski definition) is 1. The minimum atomic E-state index is -0.328. The first-order valence-corrected chi connectivity index (χ1v) is 7.29. The lowest BCUT2D eigenvalue weighted by molar-refractivity contribution is 0.262. The van der Waals surface area contributed by atoms with E-state index < -0.39 is 0 Å². The average Bonchev–Trinajstić information content (AvgIpc) is 2.33. The molecule has 0 saturated heterocycles. The summed E-state index contributed by atoms with van der Waals surface area (Å²) in [5.41, 5.74) is 1.32. The maximum absolute atomic E-state index is 11.8. The molecule has 0 heterocycles. The average molecular weight is 404 g/mol. The maximum atomic E-state index is 11.8. The number of rotatable bonds is 2. The topological polar surface area (TPSA) is 41.1 Å². The molecule has 98 valence electrons. The molecule has 3 nitrogen and oxygen atoms in total. The number of nitrogens with one attached hydrogen (secondary N) is 2. The fourth-order valence-corrected chi connectivity index (χ4v) is 2.78. The largest absolute Gasteiger partial charge is 0.323 e. The third kappa shape index (κ3) is 4.23. The predicted octanol–water partition coefficient (Wildman–Crippen LogP) is 5.51. The molecule has 2 amide bonds. The van der Waals surface area contributed by atoms with Gasteiger partial charge in [-0.2, -0.15) is 0 Å². The van der Waals surface area contributed by atoms with E-state index in [-0.39, 0.29) is 6.03 Å². The molecule has 6 heteroatoms. The van der Waals surface area contributed by atoms with E-state index in [0.29, 0.717) is 16.4 Å². The second-order valence-corrected chi connectivity index (χ2v) is 5.92. The Hall–Kier alpha value is -1.04. The molecule has 2 rings (SSSR count). The first kappa shape index (κ1) is 14.4. The van der Waals surface area contributed by atoms with Gasteiger partial charge in [-0.1, -0.05) is 33.6 Å². The summed E-state index contributed by atoms with van der Waals surface area (Å²) in [6, 6.07) is 12.1. The summed E-state index contributed by atoms with van der Waals surface area (Å²) in [4.78, 5) is 11.8.